The highest BCUT2D eigenvalue weighted by Gasteiger charge is 2.79. The first kappa shape index (κ1) is 53.7. The van der Waals surface area contributed by atoms with Gasteiger partial charge in [-0.1, -0.05) is 110 Å². The second kappa shape index (κ2) is 18.3. The summed E-state index contributed by atoms with van der Waals surface area (Å²) in [7, 11) is -4.06. The van der Waals surface area contributed by atoms with Gasteiger partial charge in [0.2, 0.25) is 23.6 Å². The molecule has 4 unspecified atom stereocenters. The van der Waals surface area contributed by atoms with Gasteiger partial charge in [0.1, 0.15) is 11.2 Å². The van der Waals surface area contributed by atoms with Crippen molar-refractivity contribution in [3.8, 4) is 6.07 Å². The third kappa shape index (κ3) is 7.80. The number of benzene rings is 4. The molecule has 6 aliphatic heterocycles. The summed E-state index contributed by atoms with van der Waals surface area (Å²) < 4.78 is 26.1. The molecule has 0 aromatic heterocycles. The Morgan fingerprint density at radius 1 is 0.635 bits per heavy atom. The number of rotatable bonds is 12. The fourth-order valence-electron chi connectivity index (χ4n) is 13.0. The summed E-state index contributed by atoms with van der Waals surface area (Å²) in [5.41, 5.74) is -2.15. The van der Waals surface area contributed by atoms with Crippen LogP contribution in [0.15, 0.2) is 72.8 Å². The molecule has 14 nitrogen and oxygen atoms in total. The van der Waals surface area contributed by atoms with Crippen molar-refractivity contribution in [1.82, 2.24) is 0 Å². The first-order valence-corrected chi connectivity index (χ1v) is 32.1. The van der Waals surface area contributed by atoms with Crippen molar-refractivity contribution in [3.63, 3.8) is 0 Å². The molecule has 0 spiro atoms. The van der Waals surface area contributed by atoms with Crippen LogP contribution in [-0.2, 0) is 37.5 Å². The lowest BCUT2D eigenvalue weighted by molar-refractivity contribution is -0.138. The molecule has 6 fully saturated rings. The lowest BCUT2D eigenvalue weighted by atomic mass is 9.64. The summed E-state index contributed by atoms with van der Waals surface area (Å²) in [4.78, 5) is 62.5. The van der Waals surface area contributed by atoms with Crippen LogP contribution in [0, 0.1) is 41.6 Å². The summed E-state index contributed by atoms with van der Waals surface area (Å²) >= 11 is 0. The van der Waals surface area contributed by atoms with Crippen LogP contribution in [0.3, 0.4) is 0 Å². The number of carbonyl (C=O) groups excluding carboxylic acids is 4. The molecular formula is C58H72N4O10Si2. The summed E-state index contributed by atoms with van der Waals surface area (Å²) in [5, 5.41) is 34.8. The molecule has 4 bridgehead atoms. The molecule has 0 saturated carbocycles. The van der Waals surface area contributed by atoms with E-state index >= 15 is 0 Å². The Morgan fingerprint density at radius 2 is 1.01 bits per heavy atom. The molecule has 2 N–H and O–H groups in total. The van der Waals surface area contributed by atoms with Gasteiger partial charge in [-0.15, -0.1) is 0 Å². The monoisotopic (exact) mass is 1040 g/mol. The van der Waals surface area contributed by atoms with E-state index in [1.807, 2.05) is 62.4 Å². The van der Waals surface area contributed by atoms with Crippen molar-refractivity contribution < 1.29 is 47.7 Å². The smallest absolute Gasteiger partial charge is 0.240 e. The summed E-state index contributed by atoms with van der Waals surface area (Å²) in [6.45, 7) is 34.0. The Hall–Kier alpha value is -5.15. The molecule has 0 aliphatic carbocycles. The fourth-order valence-corrected chi connectivity index (χ4v) is 15.0. The summed E-state index contributed by atoms with van der Waals surface area (Å²) in [5.74, 6) is -4.10. The topological polar surface area (TPSA) is 180 Å². The zero-order chi connectivity index (χ0) is 53.9. The quantitative estimate of drug-likeness (QED) is 0.0783. The van der Waals surface area contributed by atoms with Crippen LogP contribution in [0.5, 0.6) is 0 Å². The maximum absolute atomic E-state index is 14.1. The van der Waals surface area contributed by atoms with Crippen LogP contribution in [0.2, 0.25) is 36.3 Å². The molecular weight excluding hydrogens is 969 g/mol. The lowest BCUT2D eigenvalue weighted by Crippen LogP contribution is -2.51. The Kier molecular flexibility index (Phi) is 13.2. The minimum atomic E-state index is -2.03. The summed E-state index contributed by atoms with van der Waals surface area (Å²) in [6.07, 6.45) is 0.720. The first-order valence-electron chi connectivity index (χ1n) is 26.3. The van der Waals surface area contributed by atoms with Crippen molar-refractivity contribution in [1.29, 1.82) is 5.26 Å². The zero-order valence-electron chi connectivity index (χ0n) is 45.0. The standard InChI is InChI=1S/2C29H36N2O5Si/c1-8-29-22(32)17-28(36-29,15-16-35-37(6,7)27(2,3)4)23-24(29)26(34)31(25(23)33)21-14-13-20(30-5)18-11-9-10-12-19(18)21;1-7-29-22(32)16-28(36-29,14-15-35-37(5,6)27(2,3)4)23-24(29)26(34)31(25(23)33)21-13-12-18(17-30)19-10-8-9-11-20(19)21/h9-14,22-24,32H,8,15-17H2,1-4,6-7H3;8-13,22-24,32H,7,14-16H2,1-6H3/t2*22-,23+,24-,28?,29?/m10/s1. The summed E-state index contributed by atoms with van der Waals surface area (Å²) in [6, 6.07) is 23.6. The normalized spacial score (nSPS) is 31.3. The largest absolute Gasteiger partial charge is 0.417 e. The highest BCUT2D eigenvalue weighted by atomic mass is 28.4. The predicted molar refractivity (Wildman–Crippen MR) is 288 cm³/mol. The number of anilines is 2. The van der Waals surface area contributed by atoms with Gasteiger partial charge in [-0.3, -0.25) is 19.2 Å². The number of hydrogen-bond donors (Lipinski definition) is 2. The van der Waals surface area contributed by atoms with Gasteiger partial charge in [-0.05, 0) is 90.9 Å². The van der Waals surface area contributed by atoms with E-state index in [-0.39, 0.29) is 33.7 Å². The first-order chi connectivity index (χ1) is 34.7. The van der Waals surface area contributed by atoms with Crippen molar-refractivity contribution >= 4 is 78.9 Å². The van der Waals surface area contributed by atoms with Gasteiger partial charge >= 0.3 is 0 Å². The zero-order valence-corrected chi connectivity index (χ0v) is 47.0. The number of ether oxygens (including phenoxy) is 2. The van der Waals surface area contributed by atoms with Gasteiger partial charge in [0.25, 0.3) is 0 Å². The van der Waals surface area contributed by atoms with Crippen molar-refractivity contribution in [2.24, 2.45) is 23.7 Å². The van der Waals surface area contributed by atoms with E-state index in [2.05, 4.69) is 78.6 Å². The number of nitriles is 1. The maximum atomic E-state index is 14.1. The van der Waals surface area contributed by atoms with Gasteiger partial charge in [0, 0.05) is 36.8 Å². The molecule has 6 saturated heterocycles. The Bertz CT molecular complexity index is 2860. The third-order valence-electron chi connectivity index (χ3n) is 19.0. The lowest BCUT2D eigenvalue weighted by Gasteiger charge is -2.38. The number of hydrogen-bond acceptors (Lipinski definition) is 11. The molecule has 74 heavy (non-hydrogen) atoms. The van der Waals surface area contributed by atoms with Crippen LogP contribution >= 0.6 is 0 Å². The average molecular weight is 1040 g/mol. The van der Waals surface area contributed by atoms with E-state index < -0.39 is 74.9 Å². The molecule has 6 heterocycles. The highest BCUT2D eigenvalue weighted by molar-refractivity contribution is 6.74. The SMILES string of the molecule is CCC12OC(CCO[Si](C)(C)C(C)(C)C)(C[C@@H]1O)[C@H]1C(=O)N(c3ccc(C#N)c4ccccc34)C(=O)[C@H]12.[C-]#[N+]c1ccc(N2C(=O)[C@@H]3[C@H](C2=O)C2(CC)OC3(CCO[Si](C)(C)C(C)(C)C)C[C@H]2O)c2ccccc12. The number of nitrogens with zero attached hydrogens (tertiary/aromatic N) is 4. The number of fused-ring (bicyclic) bond motifs is 12. The predicted octanol–water partition coefficient (Wildman–Crippen LogP) is 10.5. The van der Waals surface area contributed by atoms with Crippen LogP contribution in [0.4, 0.5) is 17.1 Å². The molecule has 10 atom stereocenters. The number of imide groups is 2. The van der Waals surface area contributed by atoms with E-state index in [0.29, 0.717) is 95.9 Å². The van der Waals surface area contributed by atoms with E-state index in [4.69, 9.17) is 24.9 Å². The number of carbonyl (C=O) groups is 4. The van der Waals surface area contributed by atoms with Crippen molar-refractivity contribution in [2.75, 3.05) is 23.0 Å². The van der Waals surface area contributed by atoms with E-state index in [0.717, 1.165) is 0 Å². The van der Waals surface area contributed by atoms with Gasteiger partial charge in [0.15, 0.2) is 22.3 Å². The van der Waals surface area contributed by atoms with Crippen LogP contribution in [-0.4, -0.2) is 98.3 Å². The second-order valence-electron chi connectivity index (χ2n) is 24.6. The number of aliphatic hydroxyl groups excluding tert-OH is 2. The van der Waals surface area contributed by atoms with E-state index in [1.165, 1.54) is 9.80 Å². The van der Waals surface area contributed by atoms with E-state index in [9.17, 15) is 34.7 Å². The van der Waals surface area contributed by atoms with E-state index in [1.54, 1.807) is 24.3 Å². The number of amides is 4. The molecule has 4 aromatic carbocycles. The van der Waals surface area contributed by atoms with Crippen molar-refractivity contribution in [2.45, 2.75) is 165 Å². The Labute approximate surface area is 437 Å². The highest BCUT2D eigenvalue weighted by Crippen LogP contribution is 2.65. The van der Waals surface area contributed by atoms with Crippen molar-refractivity contribution in [3.05, 3.63) is 89.8 Å². The Morgan fingerprint density at radius 3 is 1.41 bits per heavy atom. The average Bonchev–Trinajstić information content (AvgIpc) is 4.13. The molecule has 4 amide bonds. The minimum absolute atomic E-state index is 0.0404. The van der Waals surface area contributed by atoms with Gasteiger partial charge in [0.05, 0.1) is 76.7 Å². The van der Waals surface area contributed by atoms with Crippen LogP contribution < -0.4 is 9.80 Å². The Balaban J connectivity index is 0.000000182. The molecule has 6 aliphatic rings. The fraction of sp³-hybridized carbons (Fsp3) is 0.552. The molecule has 392 valence electrons. The second-order valence-corrected chi connectivity index (χ2v) is 34.2. The minimum Gasteiger partial charge on any atom is -0.417 e. The van der Waals surface area contributed by atoms with Gasteiger partial charge in [-0.2, -0.15) is 5.26 Å². The van der Waals surface area contributed by atoms with Crippen LogP contribution in [0.1, 0.15) is 99.5 Å². The van der Waals surface area contributed by atoms with Crippen LogP contribution in [0.25, 0.3) is 26.4 Å². The molecule has 16 heteroatoms. The number of aliphatic hydroxyl groups is 2. The molecule has 10 rings (SSSR count). The van der Waals surface area contributed by atoms with Gasteiger partial charge < -0.3 is 28.5 Å². The molecule has 4 aromatic rings. The third-order valence-corrected chi connectivity index (χ3v) is 28.1. The van der Waals surface area contributed by atoms with Gasteiger partial charge in [-0.25, -0.2) is 14.6 Å². The maximum Gasteiger partial charge on any atom is 0.240 e. The molecule has 0 radical (unpaired) electrons.